The number of halogens is 1. The van der Waals surface area contributed by atoms with Gasteiger partial charge in [-0.25, -0.2) is 14.2 Å². The van der Waals surface area contributed by atoms with Crippen molar-refractivity contribution in [3.05, 3.63) is 17.2 Å². The lowest BCUT2D eigenvalue weighted by Gasteiger charge is -2.30. The molecule has 0 spiro atoms. The predicted molar refractivity (Wildman–Crippen MR) is 66.5 cm³/mol. The summed E-state index contributed by atoms with van der Waals surface area (Å²) in [4.78, 5) is 16.2. The van der Waals surface area contributed by atoms with E-state index in [2.05, 4.69) is 17.6 Å². The Morgan fingerprint density at radius 2 is 2.53 bits per heavy atom. The van der Waals surface area contributed by atoms with Crippen LogP contribution < -0.4 is 0 Å². The Bertz CT molecular complexity index is 461. The van der Waals surface area contributed by atoms with Crippen LogP contribution in [0, 0.1) is 0 Å². The van der Waals surface area contributed by atoms with Crippen molar-refractivity contribution < 1.29 is 14.3 Å². The fraction of sp³-hybridized carbons (Fsp3) is 0.400. The van der Waals surface area contributed by atoms with Crippen LogP contribution in [0.3, 0.4) is 0 Å². The number of nitrogens with zero attached hydrogens (tertiary/aromatic N) is 2. The fourth-order valence-electron chi connectivity index (χ4n) is 1.80. The van der Waals surface area contributed by atoms with Gasteiger partial charge in [-0.15, -0.1) is 24.0 Å². The number of rotatable bonds is 2. The van der Waals surface area contributed by atoms with Crippen molar-refractivity contribution >= 4 is 35.6 Å². The third-order valence-corrected chi connectivity index (χ3v) is 3.74. The largest absolute Gasteiger partial charge is 0.465 e. The Hall–Kier alpha value is -1.08. The maximum atomic E-state index is 12.8. The summed E-state index contributed by atoms with van der Waals surface area (Å²) in [5.41, 5.74) is 1.66. The molecule has 0 aliphatic carbocycles. The Kier molecular flexibility index (Phi) is 3.68. The quantitative estimate of drug-likeness (QED) is 0.815. The average Bonchev–Trinajstić information content (AvgIpc) is 2.75. The Balaban J connectivity index is 2.20. The number of hydrogen-bond donors (Lipinski definition) is 2. The number of aromatic nitrogens is 1. The summed E-state index contributed by atoms with van der Waals surface area (Å²) < 4.78 is 13.5. The van der Waals surface area contributed by atoms with E-state index < -0.39 is 18.8 Å². The summed E-state index contributed by atoms with van der Waals surface area (Å²) in [6.45, 7) is -0.472. The standard InChI is InChI=1S/C10H11FN2O2S2/c11-4-7-3-6(1-2-13(7)10(14)15)8-5-17-9(16)12-8/h1,5,7H,2-4H2,(H,12,16)(H,14,15)/t7-/m1/s1. The van der Waals surface area contributed by atoms with E-state index in [9.17, 15) is 9.18 Å². The molecule has 7 heteroatoms. The van der Waals surface area contributed by atoms with E-state index in [-0.39, 0.29) is 6.54 Å². The molecule has 0 unspecified atom stereocenters. The number of thiol groups is 1. The van der Waals surface area contributed by atoms with Crippen LogP contribution >= 0.6 is 24.0 Å². The highest BCUT2D eigenvalue weighted by Gasteiger charge is 2.28. The molecule has 0 fully saturated rings. The first-order valence-electron chi connectivity index (χ1n) is 5.01. The Morgan fingerprint density at radius 1 is 1.76 bits per heavy atom. The lowest BCUT2D eigenvalue weighted by Crippen LogP contribution is -2.43. The summed E-state index contributed by atoms with van der Waals surface area (Å²) in [6.07, 6.45) is 1.05. The molecule has 4 nitrogen and oxygen atoms in total. The molecule has 92 valence electrons. The second kappa shape index (κ2) is 5.05. The van der Waals surface area contributed by atoms with Crippen molar-refractivity contribution in [1.29, 1.82) is 0 Å². The Morgan fingerprint density at radius 3 is 3.06 bits per heavy atom. The summed E-state index contributed by atoms with van der Waals surface area (Å²) in [5.74, 6) is 0. The summed E-state index contributed by atoms with van der Waals surface area (Å²) >= 11 is 5.52. The minimum atomic E-state index is -1.09. The van der Waals surface area contributed by atoms with E-state index in [1.54, 1.807) is 6.08 Å². The topological polar surface area (TPSA) is 53.4 Å². The predicted octanol–water partition coefficient (Wildman–Crippen LogP) is 2.54. The van der Waals surface area contributed by atoms with Crippen LogP contribution in [0.2, 0.25) is 0 Å². The van der Waals surface area contributed by atoms with Gasteiger partial charge in [0.05, 0.1) is 11.7 Å². The van der Waals surface area contributed by atoms with E-state index >= 15 is 0 Å². The maximum absolute atomic E-state index is 12.8. The van der Waals surface area contributed by atoms with Gasteiger partial charge in [0.2, 0.25) is 0 Å². The fourth-order valence-corrected chi connectivity index (χ4v) is 2.64. The van der Waals surface area contributed by atoms with Gasteiger partial charge in [-0.3, -0.25) is 4.90 Å². The minimum absolute atomic E-state index is 0.207. The van der Waals surface area contributed by atoms with Gasteiger partial charge in [0.1, 0.15) is 11.0 Å². The van der Waals surface area contributed by atoms with E-state index in [1.165, 1.54) is 11.3 Å². The third kappa shape index (κ3) is 2.61. The molecule has 0 saturated heterocycles. The van der Waals surface area contributed by atoms with Crippen LogP contribution in [0.1, 0.15) is 12.1 Å². The number of thiazole rings is 1. The number of amides is 1. The van der Waals surface area contributed by atoms with Gasteiger partial charge in [0.25, 0.3) is 0 Å². The van der Waals surface area contributed by atoms with Crippen molar-refractivity contribution in [2.45, 2.75) is 16.8 Å². The van der Waals surface area contributed by atoms with Crippen molar-refractivity contribution in [3.8, 4) is 0 Å². The van der Waals surface area contributed by atoms with Gasteiger partial charge in [-0.2, -0.15) is 0 Å². The molecule has 1 aliphatic rings. The molecule has 0 aromatic carbocycles. The highest BCUT2D eigenvalue weighted by molar-refractivity contribution is 7.82. The van der Waals surface area contributed by atoms with Crippen molar-refractivity contribution in [3.63, 3.8) is 0 Å². The first-order chi connectivity index (χ1) is 8.11. The second-order valence-corrected chi connectivity index (χ2v) is 5.28. The van der Waals surface area contributed by atoms with Crippen LogP contribution in [0.4, 0.5) is 9.18 Å². The van der Waals surface area contributed by atoms with E-state index in [0.717, 1.165) is 16.2 Å². The molecular weight excluding hydrogens is 263 g/mol. The summed E-state index contributed by atoms with van der Waals surface area (Å²) in [6, 6.07) is -0.613. The van der Waals surface area contributed by atoms with Crippen LogP contribution in [0.15, 0.2) is 15.8 Å². The Labute approximate surface area is 107 Å². The van der Waals surface area contributed by atoms with Crippen LogP contribution in [0.5, 0.6) is 0 Å². The van der Waals surface area contributed by atoms with Crippen LogP contribution in [-0.4, -0.2) is 40.3 Å². The molecule has 1 atom stereocenters. The number of carbonyl (C=O) groups is 1. The molecule has 2 heterocycles. The van der Waals surface area contributed by atoms with Gasteiger partial charge in [0.15, 0.2) is 0 Å². The van der Waals surface area contributed by atoms with Crippen LogP contribution in [-0.2, 0) is 0 Å². The molecule has 17 heavy (non-hydrogen) atoms. The lowest BCUT2D eigenvalue weighted by molar-refractivity contribution is 0.120. The van der Waals surface area contributed by atoms with Crippen LogP contribution in [0.25, 0.3) is 5.57 Å². The minimum Gasteiger partial charge on any atom is -0.465 e. The van der Waals surface area contributed by atoms with Crippen molar-refractivity contribution in [2.24, 2.45) is 0 Å². The zero-order valence-electron chi connectivity index (χ0n) is 8.84. The van der Waals surface area contributed by atoms with Gasteiger partial charge in [0, 0.05) is 11.9 Å². The van der Waals surface area contributed by atoms with Gasteiger partial charge in [-0.1, -0.05) is 6.08 Å². The molecule has 1 N–H and O–H groups in total. The molecule has 0 saturated carbocycles. The molecule has 1 aliphatic heterocycles. The van der Waals surface area contributed by atoms with Gasteiger partial charge < -0.3 is 5.11 Å². The smallest absolute Gasteiger partial charge is 0.407 e. The summed E-state index contributed by atoms with van der Waals surface area (Å²) in [7, 11) is 0. The van der Waals surface area contributed by atoms with E-state index in [4.69, 9.17) is 5.11 Å². The van der Waals surface area contributed by atoms with Crippen molar-refractivity contribution in [1.82, 2.24) is 9.88 Å². The monoisotopic (exact) mass is 274 g/mol. The summed E-state index contributed by atoms with van der Waals surface area (Å²) in [5, 5.41) is 10.8. The first kappa shape index (κ1) is 12.4. The average molecular weight is 274 g/mol. The highest BCUT2D eigenvalue weighted by atomic mass is 32.2. The second-order valence-electron chi connectivity index (χ2n) is 3.69. The normalized spacial score (nSPS) is 20.2. The highest BCUT2D eigenvalue weighted by Crippen LogP contribution is 2.28. The molecule has 1 amide bonds. The maximum Gasteiger partial charge on any atom is 0.407 e. The lowest BCUT2D eigenvalue weighted by atomic mass is 9.99. The number of carboxylic acid groups (broad SMARTS) is 1. The molecule has 0 bridgehead atoms. The first-order valence-corrected chi connectivity index (χ1v) is 6.34. The zero-order chi connectivity index (χ0) is 12.4. The van der Waals surface area contributed by atoms with E-state index in [1.807, 2.05) is 5.38 Å². The zero-order valence-corrected chi connectivity index (χ0v) is 10.5. The number of alkyl halides is 1. The van der Waals surface area contributed by atoms with Gasteiger partial charge in [-0.05, 0) is 12.0 Å². The van der Waals surface area contributed by atoms with E-state index in [0.29, 0.717) is 10.8 Å². The molecule has 1 aromatic rings. The molecule has 1 aromatic heterocycles. The molecular formula is C10H11FN2O2S2. The SMILES string of the molecule is O=C(O)N1CC=C(c2csc(S)n2)C[C@@H]1CF. The van der Waals surface area contributed by atoms with Crippen molar-refractivity contribution in [2.75, 3.05) is 13.2 Å². The molecule has 2 rings (SSSR count). The third-order valence-electron chi connectivity index (χ3n) is 2.68. The number of hydrogen-bond acceptors (Lipinski definition) is 4. The molecule has 0 radical (unpaired) electrons. The van der Waals surface area contributed by atoms with Gasteiger partial charge >= 0.3 is 6.09 Å².